The van der Waals surface area contributed by atoms with E-state index >= 15 is 0 Å². The van der Waals surface area contributed by atoms with Crippen LogP contribution < -0.4 is 5.32 Å². The standard InChI is InChI=1S/C8H9F3N2O/c9-8(10,11)7-4-6(13-14-7)5-2-1-3-12-5/h4-5,12H,1-3H2/t5-/m0/s1. The smallest absolute Gasteiger partial charge is 0.351 e. The molecule has 78 valence electrons. The Morgan fingerprint density at radius 2 is 2.29 bits per heavy atom. The first kappa shape index (κ1) is 9.51. The van der Waals surface area contributed by atoms with Crippen molar-refractivity contribution >= 4 is 0 Å². The highest BCUT2D eigenvalue weighted by molar-refractivity contribution is 5.13. The van der Waals surface area contributed by atoms with E-state index in [9.17, 15) is 13.2 Å². The fourth-order valence-corrected chi connectivity index (χ4v) is 1.52. The number of hydrogen-bond donors (Lipinski definition) is 1. The largest absolute Gasteiger partial charge is 0.452 e. The zero-order chi connectivity index (χ0) is 10.2. The lowest BCUT2D eigenvalue weighted by molar-refractivity contribution is -0.155. The molecule has 0 aliphatic carbocycles. The minimum Gasteiger partial charge on any atom is -0.351 e. The Bertz CT molecular complexity index is 315. The van der Waals surface area contributed by atoms with Crippen molar-refractivity contribution in [3.63, 3.8) is 0 Å². The van der Waals surface area contributed by atoms with Crippen LogP contribution in [0.4, 0.5) is 13.2 Å². The summed E-state index contributed by atoms with van der Waals surface area (Å²) in [6.45, 7) is 0.818. The second-order valence-electron chi connectivity index (χ2n) is 3.26. The minimum atomic E-state index is -4.44. The highest BCUT2D eigenvalue weighted by atomic mass is 19.4. The molecule has 1 fully saturated rings. The van der Waals surface area contributed by atoms with E-state index in [1.165, 1.54) is 0 Å². The fraction of sp³-hybridized carbons (Fsp3) is 0.625. The third-order valence-electron chi connectivity index (χ3n) is 2.23. The molecule has 0 aromatic carbocycles. The van der Waals surface area contributed by atoms with E-state index in [-0.39, 0.29) is 6.04 Å². The van der Waals surface area contributed by atoms with Gasteiger partial charge in [0.25, 0.3) is 0 Å². The molecule has 0 unspecified atom stereocenters. The zero-order valence-electron chi connectivity index (χ0n) is 7.27. The number of halogens is 3. The normalized spacial score (nSPS) is 22.9. The maximum absolute atomic E-state index is 12.1. The quantitative estimate of drug-likeness (QED) is 0.764. The predicted molar refractivity (Wildman–Crippen MR) is 41.5 cm³/mol. The summed E-state index contributed by atoms with van der Waals surface area (Å²) in [6, 6.07) is 0.873. The van der Waals surface area contributed by atoms with Gasteiger partial charge in [0.2, 0.25) is 5.76 Å². The lowest BCUT2D eigenvalue weighted by Crippen LogP contribution is -2.13. The SMILES string of the molecule is FC(F)(F)c1cc([C@@H]2CCCN2)no1. The molecule has 1 aliphatic rings. The molecule has 1 aliphatic heterocycles. The summed E-state index contributed by atoms with van der Waals surface area (Å²) in [6.07, 6.45) is -2.67. The lowest BCUT2D eigenvalue weighted by atomic mass is 10.1. The van der Waals surface area contributed by atoms with Gasteiger partial charge in [-0.25, -0.2) is 0 Å². The first-order valence-electron chi connectivity index (χ1n) is 4.34. The van der Waals surface area contributed by atoms with Crippen molar-refractivity contribution in [3.05, 3.63) is 17.5 Å². The highest BCUT2D eigenvalue weighted by Crippen LogP contribution is 2.32. The van der Waals surface area contributed by atoms with Crippen LogP contribution in [0.3, 0.4) is 0 Å². The average Bonchev–Trinajstić information content (AvgIpc) is 2.73. The van der Waals surface area contributed by atoms with Crippen molar-refractivity contribution in [1.29, 1.82) is 0 Å². The summed E-state index contributed by atoms with van der Waals surface area (Å²) >= 11 is 0. The van der Waals surface area contributed by atoms with Crippen LogP contribution in [0, 0.1) is 0 Å². The molecule has 2 heterocycles. The van der Waals surface area contributed by atoms with Gasteiger partial charge in [0, 0.05) is 6.07 Å². The van der Waals surface area contributed by atoms with Crippen molar-refractivity contribution in [2.24, 2.45) is 0 Å². The number of hydrogen-bond acceptors (Lipinski definition) is 3. The number of aromatic nitrogens is 1. The topological polar surface area (TPSA) is 38.1 Å². The van der Waals surface area contributed by atoms with E-state index in [4.69, 9.17) is 0 Å². The van der Waals surface area contributed by atoms with E-state index in [0.29, 0.717) is 5.69 Å². The predicted octanol–water partition coefficient (Wildman–Crippen LogP) is 2.12. The molecule has 1 aromatic rings. The van der Waals surface area contributed by atoms with E-state index < -0.39 is 11.9 Å². The summed E-state index contributed by atoms with van der Waals surface area (Å²) in [5.41, 5.74) is 0.342. The van der Waals surface area contributed by atoms with Crippen LogP contribution in [-0.2, 0) is 6.18 Å². The van der Waals surface area contributed by atoms with Crippen LogP contribution in [0.1, 0.15) is 30.3 Å². The number of nitrogens with zero attached hydrogens (tertiary/aromatic N) is 1. The number of nitrogens with one attached hydrogen (secondary N) is 1. The summed E-state index contributed by atoms with van der Waals surface area (Å²) in [5, 5.41) is 6.45. The molecule has 2 rings (SSSR count). The van der Waals surface area contributed by atoms with Gasteiger partial charge in [0.15, 0.2) is 0 Å². The molecule has 1 atom stereocenters. The first-order chi connectivity index (χ1) is 6.57. The Labute approximate surface area is 78.3 Å². The Morgan fingerprint density at radius 1 is 1.50 bits per heavy atom. The van der Waals surface area contributed by atoms with Crippen LogP contribution in [0.25, 0.3) is 0 Å². The van der Waals surface area contributed by atoms with Gasteiger partial charge < -0.3 is 9.84 Å². The molecule has 6 heteroatoms. The van der Waals surface area contributed by atoms with E-state index in [1.54, 1.807) is 0 Å². The Hall–Kier alpha value is -1.04. The van der Waals surface area contributed by atoms with Crippen molar-refractivity contribution in [2.75, 3.05) is 6.54 Å². The van der Waals surface area contributed by atoms with Crippen molar-refractivity contribution in [2.45, 2.75) is 25.1 Å². The molecule has 1 N–H and O–H groups in total. The summed E-state index contributed by atoms with van der Waals surface area (Å²) in [7, 11) is 0. The lowest BCUT2D eigenvalue weighted by Gasteiger charge is -2.03. The molecule has 0 amide bonds. The highest BCUT2D eigenvalue weighted by Gasteiger charge is 2.37. The van der Waals surface area contributed by atoms with Gasteiger partial charge >= 0.3 is 6.18 Å². The molecule has 0 spiro atoms. The van der Waals surface area contributed by atoms with Crippen molar-refractivity contribution in [3.8, 4) is 0 Å². The van der Waals surface area contributed by atoms with Crippen LogP contribution in [0.15, 0.2) is 10.6 Å². The molecule has 0 saturated carbocycles. The maximum atomic E-state index is 12.1. The van der Waals surface area contributed by atoms with Crippen LogP contribution in [0.5, 0.6) is 0 Å². The second-order valence-corrected chi connectivity index (χ2v) is 3.26. The summed E-state index contributed by atoms with van der Waals surface area (Å²) in [5.74, 6) is -1.03. The molecule has 0 bridgehead atoms. The third kappa shape index (κ3) is 1.75. The van der Waals surface area contributed by atoms with Crippen LogP contribution in [-0.4, -0.2) is 11.7 Å². The summed E-state index contributed by atoms with van der Waals surface area (Å²) in [4.78, 5) is 0. The van der Waals surface area contributed by atoms with Gasteiger partial charge in [-0.2, -0.15) is 13.2 Å². The summed E-state index contributed by atoms with van der Waals surface area (Å²) < 4.78 is 40.6. The van der Waals surface area contributed by atoms with Crippen molar-refractivity contribution < 1.29 is 17.7 Å². The minimum absolute atomic E-state index is 0.0881. The van der Waals surface area contributed by atoms with Gasteiger partial charge in [-0.15, -0.1) is 0 Å². The molecule has 1 aromatic heterocycles. The first-order valence-corrected chi connectivity index (χ1v) is 4.34. The fourth-order valence-electron chi connectivity index (χ4n) is 1.52. The molecular weight excluding hydrogens is 197 g/mol. The molecular formula is C8H9F3N2O. The molecule has 14 heavy (non-hydrogen) atoms. The average molecular weight is 206 g/mol. The Balaban J connectivity index is 2.17. The van der Waals surface area contributed by atoms with E-state index in [0.717, 1.165) is 25.5 Å². The van der Waals surface area contributed by atoms with Crippen molar-refractivity contribution in [1.82, 2.24) is 10.5 Å². The molecule has 1 saturated heterocycles. The number of rotatable bonds is 1. The van der Waals surface area contributed by atoms with Crippen LogP contribution in [0.2, 0.25) is 0 Å². The van der Waals surface area contributed by atoms with Crippen LogP contribution >= 0.6 is 0 Å². The monoisotopic (exact) mass is 206 g/mol. The van der Waals surface area contributed by atoms with Gasteiger partial charge in [0.05, 0.1) is 6.04 Å². The molecule has 3 nitrogen and oxygen atoms in total. The van der Waals surface area contributed by atoms with E-state index in [2.05, 4.69) is 15.0 Å². The zero-order valence-corrected chi connectivity index (χ0v) is 7.27. The van der Waals surface area contributed by atoms with Gasteiger partial charge in [-0.3, -0.25) is 0 Å². The molecule has 0 radical (unpaired) electrons. The Kier molecular flexibility index (Phi) is 2.22. The van der Waals surface area contributed by atoms with Gasteiger partial charge in [0.1, 0.15) is 5.69 Å². The van der Waals surface area contributed by atoms with Gasteiger partial charge in [-0.1, -0.05) is 5.16 Å². The number of alkyl halides is 3. The Morgan fingerprint density at radius 3 is 2.79 bits per heavy atom. The maximum Gasteiger partial charge on any atom is 0.452 e. The second kappa shape index (κ2) is 3.27. The third-order valence-corrected chi connectivity index (χ3v) is 2.23. The van der Waals surface area contributed by atoms with Gasteiger partial charge in [-0.05, 0) is 19.4 Å². The van der Waals surface area contributed by atoms with E-state index in [1.807, 2.05) is 0 Å².